The van der Waals surface area contributed by atoms with Crippen molar-refractivity contribution in [2.24, 2.45) is 7.05 Å². The van der Waals surface area contributed by atoms with Gasteiger partial charge in [0.25, 0.3) is 0 Å². The van der Waals surface area contributed by atoms with Crippen LogP contribution in [0.2, 0.25) is 0 Å². The van der Waals surface area contributed by atoms with Crippen LogP contribution < -0.4 is 0 Å². The van der Waals surface area contributed by atoms with Gasteiger partial charge in [0.05, 0.1) is 12.6 Å². The van der Waals surface area contributed by atoms with Crippen LogP contribution in [0.25, 0.3) is 21.8 Å². The third kappa shape index (κ3) is 2.69. The van der Waals surface area contributed by atoms with E-state index in [4.69, 9.17) is 4.74 Å². The summed E-state index contributed by atoms with van der Waals surface area (Å²) in [6, 6.07) is 18.1. The molecule has 0 aliphatic rings. The molecule has 2 aromatic heterocycles. The molecule has 4 aromatic rings. The van der Waals surface area contributed by atoms with Gasteiger partial charge in [-0.1, -0.05) is 36.4 Å². The van der Waals surface area contributed by atoms with Crippen LogP contribution in [-0.4, -0.2) is 22.6 Å². The number of benzene rings is 2. The second kappa shape index (κ2) is 6.57. The molecule has 0 saturated heterocycles. The molecule has 130 valence electrons. The van der Waals surface area contributed by atoms with Crippen molar-refractivity contribution in [1.29, 1.82) is 0 Å². The van der Waals surface area contributed by atoms with E-state index in [0.29, 0.717) is 12.1 Å². The van der Waals surface area contributed by atoms with Gasteiger partial charge in [0.1, 0.15) is 10.3 Å². The fraction of sp³-hybridized carbons (Fsp3) is 0.143. The lowest BCUT2D eigenvalue weighted by atomic mass is 10.0. The fourth-order valence-corrected chi connectivity index (χ4v) is 3.90. The number of carbonyl (C=O) groups excluding carboxylic acids is 1. The molecular weight excluding hydrogens is 392 g/mol. The average molecular weight is 409 g/mol. The van der Waals surface area contributed by atoms with E-state index in [9.17, 15) is 4.79 Å². The van der Waals surface area contributed by atoms with E-state index in [1.54, 1.807) is 0 Å². The number of hydrogen-bond acceptors (Lipinski definition) is 3. The zero-order chi connectivity index (χ0) is 18.3. The molecule has 0 unspecified atom stereocenters. The Labute approximate surface area is 159 Å². The summed E-state index contributed by atoms with van der Waals surface area (Å²) in [4.78, 5) is 17.1. The first-order chi connectivity index (χ1) is 12.6. The molecule has 2 heterocycles. The molecule has 0 aliphatic heterocycles. The minimum Gasteiger partial charge on any atom is -0.464 e. The van der Waals surface area contributed by atoms with Crippen LogP contribution in [0, 0.1) is 0 Å². The van der Waals surface area contributed by atoms with Crippen LogP contribution in [0.3, 0.4) is 0 Å². The number of methoxy groups -OCH3 is 1. The maximum atomic E-state index is 12.4. The van der Waals surface area contributed by atoms with Gasteiger partial charge in [-0.2, -0.15) is 0 Å². The highest BCUT2D eigenvalue weighted by Crippen LogP contribution is 2.31. The van der Waals surface area contributed by atoms with E-state index < -0.39 is 0 Å². The number of hydrogen-bond donors (Lipinski definition) is 0. The van der Waals surface area contributed by atoms with Gasteiger partial charge in [0.15, 0.2) is 0 Å². The summed E-state index contributed by atoms with van der Waals surface area (Å²) in [7, 11) is 3.31. The minimum atomic E-state index is -0.330. The summed E-state index contributed by atoms with van der Waals surface area (Å²) in [6.07, 6.45) is 0.588. The molecular formula is C21H17BrN2O2. The highest BCUT2D eigenvalue weighted by atomic mass is 79.9. The number of para-hydroxylation sites is 2. The van der Waals surface area contributed by atoms with Crippen molar-refractivity contribution >= 4 is 43.7 Å². The molecule has 5 heteroatoms. The molecule has 0 bridgehead atoms. The minimum absolute atomic E-state index is 0.330. The SMILES string of the molecule is COC(=O)c1c(Cc2cc3ccccc3nc2Br)c2ccccc2n1C. The monoisotopic (exact) mass is 408 g/mol. The van der Waals surface area contributed by atoms with Gasteiger partial charge in [-0.25, -0.2) is 9.78 Å². The summed E-state index contributed by atoms with van der Waals surface area (Å²) >= 11 is 3.59. The largest absolute Gasteiger partial charge is 0.464 e. The quantitative estimate of drug-likeness (QED) is 0.358. The fourth-order valence-electron chi connectivity index (χ4n) is 3.46. The molecule has 0 fully saturated rings. The van der Waals surface area contributed by atoms with E-state index >= 15 is 0 Å². The van der Waals surface area contributed by atoms with Crippen LogP contribution in [-0.2, 0) is 18.2 Å². The highest BCUT2D eigenvalue weighted by Gasteiger charge is 2.22. The summed E-state index contributed by atoms with van der Waals surface area (Å²) in [6.45, 7) is 0. The van der Waals surface area contributed by atoms with Crippen LogP contribution in [0.4, 0.5) is 0 Å². The third-order valence-electron chi connectivity index (χ3n) is 4.71. The Morgan fingerprint density at radius 1 is 1.15 bits per heavy atom. The lowest BCUT2D eigenvalue weighted by Gasteiger charge is -2.09. The van der Waals surface area contributed by atoms with E-state index in [1.165, 1.54) is 7.11 Å². The molecule has 4 rings (SSSR count). The maximum absolute atomic E-state index is 12.4. The van der Waals surface area contributed by atoms with Crippen LogP contribution in [0.5, 0.6) is 0 Å². The number of halogens is 1. The van der Waals surface area contributed by atoms with Crippen molar-refractivity contribution in [3.05, 3.63) is 76.0 Å². The van der Waals surface area contributed by atoms with E-state index in [1.807, 2.05) is 60.1 Å². The van der Waals surface area contributed by atoms with Gasteiger partial charge in [-0.05, 0) is 45.3 Å². The maximum Gasteiger partial charge on any atom is 0.354 e. The summed E-state index contributed by atoms with van der Waals surface area (Å²) in [5.41, 5.74) is 4.51. The number of aryl methyl sites for hydroxylation is 1. The molecule has 0 N–H and O–H groups in total. The number of fused-ring (bicyclic) bond motifs is 2. The van der Waals surface area contributed by atoms with Gasteiger partial charge in [-0.15, -0.1) is 0 Å². The normalized spacial score (nSPS) is 11.2. The predicted molar refractivity (Wildman–Crippen MR) is 107 cm³/mol. The number of pyridine rings is 1. The Bertz CT molecular complexity index is 1150. The Balaban J connectivity index is 1.92. The molecule has 2 aromatic carbocycles. The van der Waals surface area contributed by atoms with Crippen LogP contribution in [0.1, 0.15) is 21.6 Å². The standard InChI is InChI=1S/C21H17BrN2O2/c1-24-18-10-6-4-8-15(18)16(19(24)21(25)26-2)12-14-11-13-7-3-5-9-17(13)23-20(14)22/h3-11H,12H2,1-2H3. The van der Waals surface area contributed by atoms with E-state index in [2.05, 4.69) is 27.0 Å². The molecule has 0 spiro atoms. The highest BCUT2D eigenvalue weighted by molar-refractivity contribution is 9.10. The van der Waals surface area contributed by atoms with Crippen molar-refractivity contribution in [3.8, 4) is 0 Å². The smallest absolute Gasteiger partial charge is 0.354 e. The van der Waals surface area contributed by atoms with Gasteiger partial charge in [0, 0.05) is 29.8 Å². The molecule has 0 aliphatic carbocycles. The van der Waals surface area contributed by atoms with Crippen molar-refractivity contribution in [1.82, 2.24) is 9.55 Å². The molecule has 0 radical (unpaired) electrons. The zero-order valence-corrected chi connectivity index (χ0v) is 16.1. The molecule has 0 saturated carbocycles. The van der Waals surface area contributed by atoms with Gasteiger partial charge in [-0.3, -0.25) is 0 Å². The van der Waals surface area contributed by atoms with Crippen molar-refractivity contribution in [2.45, 2.75) is 6.42 Å². The Morgan fingerprint density at radius 2 is 1.88 bits per heavy atom. The van der Waals surface area contributed by atoms with Crippen molar-refractivity contribution < 1.29 is 9.53 Å². The summed E-state index contributed by atoms with van der Waals surface area (Å²) < 4.78 is 7.73. The Kier molecular flexibility index (Phi) is 4.24. The van der Waals surface area contributed by atoms with E-state index in [-0.39, 0.29) is 5.97 Å². The van der Waals surface area contributed by atoms with Crippen molar-refractivity contribution in [3.63, 3.8) is 0 Å². The number of nitrogens with zero attached hydrogens (tertiary/aromatic N) is 2. The topological polar surface area (TPSA) is 44.1 Å². The first-order valence-electron chi connectivity index (χ1n) is 8.29. The van der Waals surface area contributed by atoms with Gasteiger partial charge in [0.2, 0.25) is 0 Å². The van der Waals surface area contributed by atoms with Crippen molar-refractivity contribution in [2.75, 3.05) is 7.11 Å². The van der Waals surface area contributed by atoms with Crippen LogP contribution >= 0.6 is 15.9 Å². The number of rotatable bonds is 3. The van der Waals surface area contributed by atoms with E-state index in [0.717, 1.165) is 37.5 Å². The van der Waals surface area contributed by atoms with Crippen LogP contribution in [0.15, 0.2) is 59.2 Å². The average Bonchev–Trinajstić information content (AvgIpc) is 2.94. The Morgan fingerprint density at radius 3 is 2.69 bits per heavy atom. The molecule has 0 amide bonds. The third-order valence-corrected chi connectivity index (χ3v) is 5.39. The molecule has 26 heavy (non-hydrogen) atoms. The molecule has 0 atom stereocenters. The summed E-state index contributed by atoms with van der Waals surface area (Å²) in [5, 5.41) is 2.13. The first-order valence-corrected chi connectivity index (χ1v) is 9.08. The summed E-state index contributed by atoms with van der Waals surface area (Å²) in [5.74, 6) is -0.330. The molecule has 4 nitrogen and oxygen atoms in total. The lowest BCUT2D eigenvalue weighted by molar-refractivity contribution is 0.0589. The number of ether oxygens (including phenoxy) is 1. The predicted octanol–water partition coefficient (Wildman–Crippen LogP) is 4.87. The second-order valence-corrected chi connectivity index (χ2v) is 6.95. The van der Waals surface area contributed by atoms with Gasteiger partial charge >= 0.3 is 5.97 Å². The second-order valence-electron chi connectivity index (χ2n) is 6.20. The Hall–Kier alpha value is -2.66. The lowest BCUT2D eigenvalue weighted by Crippen LogP contribution is -2.10. The van der Waals surface area contributed by atoms with Gasteiger partial charge < -0.3 is 9.30 Å². The number of esters is 1. The first kappa shape index (κ1) is 16.8. The zero-order valence-electron chi connectivity index (χ0n) is 14.5. The number of aromatic nitrogens is 2. The number of carbonyl (C=O) groups is 1.